The highest BCUT2D eigenvalue weighted by atomic mass is 79.9. The average molecular weight is 307 g/mol. The second-order valence-corrected chi connectivity index (χ2v) is 4.11. The number of hydrogen-bond acceptors (Lipinski definition) is 2. The van der Waals surface area contributed by atoms with Crippen molar-refractivity contribution in [3.63, 3.8) is 0 Å². The maximum absolute atomic E-state index is 12.1. The Hall–Kier alpha value is -1.43. The zero-order chi connectivity index (χ0) is 13.0. The summed E-state index contributed by atoms with van der Waals surface area (Å²) >= 11 is 3.17. The fourth-order valence-corrected chi connectivity index (χ4v) is 1.51. The summed E-state index contributed by atoms with van der Waals surface area (Å²) in [6.45, 7) is -1.58. The van der Waals surface area contributed by atoms with Gasteiger partial charge in [0.1, 0.15) is 5.75 Å². The molecule has 0 spiro atoms. The molecule has 92 valence electrons. The smallest absolute Gasteiger partial charge is 0.387 e. The van der Waals surface area contributed by atoms with Gasteiger partial charge in [-0.3, -0.25) is 0 Å². The fraction of sp³-hybridized carbons (Fsp3) is 0.182. The number of aliphatic carboxylic acids is 1. The summed E-state index contributed by atoms with van der Waals surface area (Å²) in [5, 5.41) is 8.72. The minimum atomic E-state index is -2.95. The third-order valence-electron chi connectivity index (χ3n) is 1.90. The molecule has 0 radical (unpaired) electrons. The number of halogens is 3. The van der Waals surface area contributed by atoms with Crippen LogP contribution >= 0.6 is 15.9 Å². The Morgan fingerprint density at radius 1 is 1.53 bits per heavy atom. The Morgan fingerprint density at radius 3 is 2.71 bits per heavy atom. The van der Waals surface area contributed by atoms with E-state index in [2.05, 4.69) is 20.7 Å². The van der Waals surface area contributed by atoms with Gasteiger partial charge >= 0.3 is 12.6 Å². The number of carbonyl (C=O) groups is 1. The third kappa shape index (κ3) is 4.14. The van der Waals surface area contributed by atoms with Crippen LogP contribution in [0.2, 0.25) is 0 Å². The first kappa shape index (κ1) is 13.6. The van der Waals surface area contributed by atoms with E-state index in [1.165, 1.54) is 31.2 Å². The van der Waals surface area contributed by atoms with E-state index < -0.39 is 12.6 Å². The van der Waals surface area contributed by atoms with Crippen LogP contribution in [0.4, 0.5) is 8.78 Å². The lowest BCUT2D eigenvalue weighted by Gasteiger charge is -2.08. The van der Waals surface area contributed by atoms with Gasteiger partial charge in [-0.05, 0) is 31.2 Å². The number of carboxylic acid groups (broad SMARTS) is 1. The van der Waals surface area contributed by atoms with Crippen molar-refractivity contribution in [3.05, 3.63) is 33.8 Å². The summed E-state index contributed by atoms with van der Waals surface area (Å²) in [5.41, 5.74) is 0.307. The number of alkyl halides is 2. The van der Waals surface area contributed by atoms with Crippen LogP contribution in [0.15, 0.2) is 28.2 Å². The van der Waals surface area contributed by atoms with Gasteiger partial charge in [0.25, 0.3) is 0 Å². The number of benzene rings is 1. The summed E-state index contributed by atoms with van der Waals surface area (Å²) in [4.78, 5) is 10.7. The maximum Gasteiger partial charge on any atom is 0.387 e. The zero-order valence-electron chi connectivity index (χ0n) is 8.78. The van der Waals surface area contributed by atoms with Crippen molar-refractivity contribution in [1.82, 2.24) is 0 Å². The molecule has 17 heavy (non-hydrogen) atoms. The average Bonchev–Trinajstić information content (AvgIpc) is 2.21. The minimum absolute atomic E-state index is 0.0298. The quantitative estimate of drug-likeness (QED) is 0.866. The predicted molar refractivity (Wildman–Crippen MR) is 62.1 cm³/mol. The second kappa shape index (κ2) is 5.77. The van der Waals surface area contributed by atoms with E-state index in [1.807, 2.05) is 0 Å². The summed E-state index contributed by atoms with van der Waals surface area (Å²) in [7, 11) is 0. The highest BCUT2D eigenvalue weighted by Gasteiger charge is 2.10. The van der Waals surface area contributed by atoms with E-state index in [-0.39, 0.29) is 16.9 Å². The minimum Gasteiger partial charge on any atom is -0.478 e. The summed E-state index contributed by atoms with van der Waals surface area (Å²) < 4.78 is 29.2. The largest absolute Gasteiger partial charge is 0.478 e. The number of ether oxygens (including phenoxy) is 1. The highest BCUT2D eigenvalue weighted by molar-refractivity contribution is 9.10. The topological polar surface area (TPSA) is 46.5 Å². The van der Waals surface area contributed by atoms with Crippen molar-refractivity contribution >= 4 is 28.0 Å². The van der Waals surface area contributed by atoms with E-state index in [0.717, 1.165) is 0 Å². The second-order valence-electron chi connectivity index (χ2n) is 3.19. The lowest BCUT2D eigenvalue weighted by atomic mass is 10.1. The molecule has 0 aliphatic rings. The summed E-state index contributed by atoms with van der Waals surface area (Å²) in [6.07, 6.45) is 1.27. The molecule has 1 aromatic rings. The van der Waals surface area contributed by atoms with Crippen LogP contribution in [0.25, 0.3) is 6.08 Å². The van der Waals surface area contributed by atoms with E-state index in [4.69, 9.17) is 5.11 Å². The lowest BCUT2D eigenvalue weighted by molar-refractivity contribution is -0.132. The van der Waals surface area contributed by atoms with Gasteiger partial charge in [-0.2, -0.15) is 8.78 Å². The molecule has 3 nitrogen and oxygen atoms in total. The Bertz CT molecular complexity index is 458. The van der Waals surface area contributed by atoms with Crippen LogP contribution in [-0.4, -0.2) is 17.7 Å². The van der Waals surface area contributed by atoms with Gasteiger partial charge in [-0.25, -0.2) is 4.79 Å². The molecule has 0 bridgehead atoms. The Balaban J connectivity index is 3.15. The van der Waals surface area contributed by atoms with Gasteiger partial charge in [0.2, 0.25) is 0 Å². The van der Waals surface area contributed by atoms with Crippen molar-refractivity contribution in [3.8, 4) is 5.75 Å². The van der Waals surface area contributed by atoms with Gasteiger partial charge in [-0.15, -0.1) is 0 Å². The lowest BCUT2D eigenvalue weighted by Crippen LogP contribution is -2.03. The predicted octanol–water partition coefficient (Wildman–Crippen LogP) is 3.54. The van der Waals surface area contributed by atoms with Crippen LogP contribution in [0.5, 0.6) is 5.75 Å². The van der Waals surface area contributed by atoms with Gasteiger partial charge < -0.3 is 9.84 Å². The first-order valence-electron chi connectivity index (χ1n) is 4.56. The molecular weight excluding hydrogens is 298 g/mol. The standard InChI is InChI=1S/C11H9BrF2O3/c1-6(10(15)16)4-7-5-8(12)2-3-9(7)17-11(13)14/h2-5,11H,1H3,(H,15,16). The fourth-order valence-electron chi connectivity index (χ4n) is 1.13. The van der Waals surface area contributed by atoms with Gasteiger partial charge in [-0.1, -0.05) is 15.9 Å². The molecule has 1 aromatic carbocycles. The molecule has 0 unspecified atom stereocenters. The molecular formula is C11H9BrF2O3. The molecule has 0 fully saturated rings. The molecule has 0 aliphatic heterocycles. The summed E-state index contributed by atoms with van der Waals surface area (Å²) in [6, 6.07) is 4.38. The number of hydrogen-bond donors (Lipinski definition) is 1. The third-order valence-corrected chi connectivity index (χ3v) is 2.39. The van der Waals surface area contributed by atoms with Crippen molar-refractivity contribution in [2.75, 3.05) is 0 Å². The molecule has 0 atom stereocenters. The summed E-state index contributed by atoms with van der Waals surface area (Å²) in [5.74, 6) is -1.18. The molecule has 0 amide bonds. The van der Waals surface area contributed by atoms with Gasteiger partial charge in [0.15, 0.2) is 0 Å². The monoisotopic (exact) mass is 306 g/mol. The van der Waals surface area contributed by atoms with Crippen LogP contribution in [-0.2, 0) is 4.79 Å². The maximum atomic E-state index is 12.1. The molecule has 1 rings (SSSR count). The van der Waals surface area contributed by atoms with Crippen LogP contribution in [0, 0.1) is 0 Å². The molecule has 0 aromatic heterocycles. The molecule has 0 saturated heterocycles. The first-order chi connectivity index (χ1) is 7.90. The van der Waals surface area contributed by atoms with Gasteiger partial charge in [0, 0.05) is 15.6 Å². The van der Waals surface area contributed by atoms with Gasteiger partial charge in [0.05, 0.1) is 0 Å². The molecule has 6 heteroatoms. The number of carboxylic acids is 1. The zero-order valence-corrected chi connectivity index (χ0v) is 10.4. The Labute approximate surface area is 105 Å². The van der Waals surface area contributed by atoms with E-state index >= 15 is 0 Å². The SMILES string of the molecule is CC(=Cc1cc(Br)ccc1OC(F)F)C(=O)O. The van der Waals surface area contributed by atoms with Crippen molar-refractivity contribution in [2.45, 2.75) is 13.5 Å². The highest BCUT2D eigenvalue weighted by Crippen LogP contribution is 2.26. The van der Waals surface area contributed by atoms with E-state index in [1.54, 1.807) is 0 Å². The van der Waals surface area contributed by atoms with Crippen molar-refractivity contribution in [2.24, 2.45) is 0 Å². The Kier molecular flexibility index (Phi) is 4.62. The normalized spacial score (nSPS) is 11.7. The van der Waals surface area contributed by atoms with E-state index in [9.17, 15) is 13.6 Å². The molecule has 0 saturated carbocycles. The van der Waals surface area contributed by atoms with Crippen molar-refractivity contribution < 1.29 is 23.4 Å². The molecule has 1 N–H and O–H groups in total. The van der Waals surface area contributed by atoms with Crippen molar-refractivity contribution in [1.29, 1.82) is 0 Å². The van der Waals surface area contributed by atoms with Crippen LogP contribution < -0.4 is 4.74 Å². The van der Waals surface area contributed by atoms with E-state index in [0.29, 0.717) is 4.47 Å². The molecule has 0 heterocycles. The molecule has 0 aliphatic carbocycles. The Morgan fingerprint density at radius 2 is 2.18 bits per heavy atom. The van der Waals surface area contributed by atoms with Crippen LogP contribution in [0.3, 0.4) is 0 Å². The number of rotatable bonds is 4. The van der Waals surface area contributed by atoms with Crippen LogP contribution in [0.1, 0.15) is 12.5 Å². The first-order valence-corrected chi connectivity index (χ1v) is 5.35.